The first-order valence-electron chi connectivity index (χ1n) is 7.52. The van der Waals surface area contributed by atoms with E-state index >= 15 is 0 Å². The number of carbonyl (C=O) groups excluding carboxylic acids is 1. The van der Waals surface area contributed by atoms with Crippen molar-refractivity contribution in [1.82, 2.24) is 0 Å². The van der Waals surface area contributed by atoms with Crippen LogP contribution in [-0.4, -0.2) is 22.7 Å². The van der Waals surface area contributed by atoms with Crippen molar-refractivity contribution in [3.8, 4) is 0 Å². The summed E-state index contributed by atoms with van der Waals surface area (Å²) in [5.41, 5.74) is 0.355. The summed E-state index contributed by atoms with van der Waals surface area (Å²) in [7, 11) is -7.51. The van der Waals surface area contributed by atoms with Gasteiger partial charge in [-0.25, -0.2) is 22.0 Å². The van der Waals surface area contributed by atoms with E-state index < -0.39 is 25.8 Å². The molecule has 3 N–H and O–H groups in total. The van der Waals surface area contributed by atoms with E-state index in [9.17, 15) is 21.6 Å². The highest BCUT2D eigenvalue weighted by Gasteiger charge is 2.21. The Hall–Kier alpha value is -2.53. The lowest BCUT2D eigenvalue weighted by Gasteiger charge is -2.04. The average molecular weight is 423 g/mol. The molecule has 1 aromatic heterocycles. The highest BCUT2D eigenvalue weighted by molar-refractivity contribution is 7.93. The standard InChI is InChI=1S/C17H14N2O5S3/c18-27(23,24)14-8-6-12(7-9-14)19-17(20)15-10-11-16(25-15)26(21,22)13-4-2-1-3-5-13/h1-11H,(H,19,20)(H2,18,23,24). The Balaban J connectivity index is 1.79. The summed E-state index contributed by atoms with van der Waals surface area (Å²) in [4.78, 5) is 12.6. The number of carbonyl (C=O) groups is 1. The molecule has 0 aliphatic heterocycles. The smallest absolute Gasteiger partial charge is 0.265 e. The Morgan fingerprint density at radius 3 is 2.04 bits per heavy atom. The first kappa shape index (κ1) is 19.2. The molecule has 0 aliphatic rings. The number of primary sulfonamides is 1. The molecule has 0 atom stereocenters. The van der Waals surface area contributed by atoms with Crippen LogP contribution in [0.1, 0.15) is 9.67 Å². The molecule has 27 heavy (non-hydrogen) atoms. The van der Waals surface area contributed by atoms with Crippen molar-refractivity contribution in [3.63, 3.8) is 0 Å². The number of benzene rings is 2. The van der Waals surface area contributed by atoms with Gasteiger partial charge < -0.3 is 5.32 Å². The van der Waals surface area contributed by atoms with Gasteiger partial charge in [0, 0.05) is 5.69 Å². The Kier molecular flexibility index (Phi) is 5.16. The van der Waals surface area contributed by atoms with E-state index in [4.69, 9.17) is 5.14 Å². The summed E-state index contributed by atoms with van der Waals surface area (Å²) in [5, 5.41) is 7.60. The molecule has 140 valence electrons. The minimum absolute atomic E-state index is 0.0587. The zero-order valence-corrected chi connectivity index (χ0v) is 16.1. The second kappa shape index (κ2) is 7.24. The van der Waals surface area contributed by atoms with E-state index in [0.717, 1.165) is 11.3 Å². The highest BCUT2D eigenvalue weighted by Crippen LogP contribution is 2.28. The minimum Gasteiger partial charge on any atom is -0.321 e. The Morgan fingerprint density at radius 2 is 1.44 bits per heavy atom. The maximum absolute atomic E-state index is 12.6. The van der Waals surface area contributed by atoms with Crippen LogP contribution in [0.15, 0.2) is 80.7 Å². The lowest BCUT2D eigenvalue weighted by molar-refractivity contribution is 0.103. The van der Waals surface area contributed by atoms with Crippen molar-refractivity contribution in [3.05, 3.63) is 71.6 Å². The normalized spacial score (nSPS) is 11.9. The number of sulfone groups is 1. The molecule has 1 heterocycles. The summed E-state index contributed by atoms with van der Waals surface area (Å²) in [6, 6.07) is 16.1. The van der Waals surface area contributed by atoms with E-state index in [-0.39, 0.29) is 18.9 Å². The van der Waals surface area contributed by atoms with Crippen molar-refractivity contribution >= 4 is 42.8 Å². The van der Waals surface area contributed by atoms with Gasteiger partial charge in [0.1, 0.15) is 4.21 Å². The van der Waals surface area contributed by atoms with Crippen LogP contribution >= 0.6 is 11.3 Å². The Labute approximate surface area is 160 Å². The third-order valence-corrected chi connectivity index (χ3v) is 7.84. The molecule has 0 saturated heterocycles. The van der Waals surface area contributed by atoms with Crippen LogP contribution < -0.4 is 10.5 Å². The van der Waals surface area contributed by atoms with E-state index in [1.165, 1.54) is 48.5 Å². The molecule has 0 saturated carbocycles. The minimum atomic E-state index is -3.82. The number of amides is 1. The molecule has 0 bridgehead atoms. The number of hydrogen-bond donors (Lipinski definition) is 2. The van der Waals surface area contributed by atoms with E-state index in [1.54, 1.807) is 18.2 Å². The first-order chi connectivity index (χ1) is 12.7. The van der Waals surface area contributed by atoms with E-state index in [0.29, 0.717) is 5.69 Å². The van der Waals surface area contributed by atoms with Gasteiger partial charge in [-0.3, -0.25) is 4.79 Å². The molecule has 10 heteroatoms. The molecule has 3 rings (SSSR count). The van der Waals surface area contributed by atoms with Crippen molar-refractivity contribution in [2.75, 3.05) is 5.32 Å². The highest BCUT2D eigenvalue weighted by atomic mass is 32.2. The monoisotopic (exact) mass is 422 g/mol. The van der Waals surface area contributed by atoms with Crippen LogP contribution in [0.4, 0.5) is 5.69 Å². The zero-order valence-electron chi connectivity index (χ0n) is 13.7. The van der Waals surface area contributed by atoms with Crippen LogP contribution in [-0.2, 0) is 19.9 Å². The number of anilines is 1. The number of thiophene rings is 1. The van der Waals surface area contributed by atoms with Crippen molar-refractivity contribution in [2.24, 2.45) is 5.14 Å². The largest absolute Gasteiger partial charge is 0.321 e. The quantitative estimate of drug-likeness (QED) is 0.654. The molecule has 1 amide bonds. The average Bonchev–Trinajstić information content (AvgIpc) is 3.13. The first-order valence-corrected chi connectivity index (χ1v) is 11.4. The molecule has 7 nitrogen and oxygen atoms in total. The van der Waals surface area contributed by atoms with Crippen molar-refractivity contribution in [1.29, 1.82) is 0 Å². The van der Waals surface area contributed by atoms with Gasteiger partial charge in [-0.15, -0.1) is 11.3 Å². The van der Waals surface area contributed by atoms with Crippen LogP contribution in [0.25, 0.3) is 0 Å². The maximum atomic E-state index is 12.6. The molecule has 2 aromatic carbocycles. The molecule has 3 aromatic rings. The predicted molar refractivity (Wildman–Crippen MR) is 102 cm³/mol. The van der Waals surface area contributed by atoms with Gasteiger partial charge in [-0.2, -0.15) is 0 Å². The van der Waals surface area contributed by atoms with Crippen LogP contribution in [0, 0.1) is 0 Å². The summed E-state index contributed by atoms with van der Waals surface area (Å²) >= 11 is 0.854. The topological polar surface area (TPSA) is 123 Å². The zero-order chi connectivity index (χ0) is 19.7. The van der Waals surface area contributed by atoms with Gasteiger partial charge in [0.15, 0.2) is 0 Å². The second-order valence-corrected chi connectivity index (χ2v) is 10.3. The third-order valence-electron chi connectivity index (χ3n) is 3.56. The molecular weight excluding hydrogens is 408 g/mol. The third kappa shape index (κ3) is 4.25. The lowest BCUT2D eigenvalue weighted by atomic mass is 10.3. The summed E-state index contributed by atoms with van der Waals surface area (Å²) in [5.74, 6) is -0.502. The van der Waals surface area contributed by atoms with Crippen LogP contribution in [0.5, 0.6) is 0 Å². The fourth-order valence-corrected chi connectivity index (χ4v) is 5.36. The van der Waals surface area contributed by atoms with E-state index in [1.807, 2.05) is 0 Å². The predicted octanol–water partition coefficient (Wildman–Crippen LogP) is 2.48. The summed E-state index contributed by atoms with van der Waals surface area (Å²) in [6.45, 7) is 0. The van der Waals surface area contributed by atoms with Gasteiger partial charge >= 0.3 is 0 Å². The Bertz CT molecular complexity index is 1180. The lowest BCUT2D eigenvalue weighted by Crippen LogP contribution is -2.13. The number of sulfonamides is 1. The van der Waals surface area contributed by atoms with Gasteiger partial charge in [0.25, 0.3) is 5.91 Å². The summed E-state index contributed by atoms with van der Waals surface area (Å²) in [6.07, 6.45) is 0. The fourth-order valence-electron chi connectivity index (χ4n) is 2.22. The van der Waals surface area contributed by atoms with Crippen LogP contribution in [0.2, 0.25) is 0 Å². The molecule has 0 spiro atoms. The summed E-state index contributed by atoms with van der Waals surface area (Å²) < 4.78 is 47.7. The molecular formula is C17H14N2O5S3. The number of rotatable bonds is 5. The molecule has 0 radical (unpaired) electrons. The van der Waals surface area contributed by atoms with Crippen molar-refractivity contribution in [2.45, 2.75) is 14.0 Å². The number of nitrogens with one attached hydrogen (secondary N) is 1. The second-order valence-electron chi connectivity index (χ2n) is 5.46. The van der Waals surface area contributed by atoms with Gasteiger partial charge in [-0.05, 0) is 48.5 Å². The van der Waals surface area contributed by atoms with Crippen LogP contribution in [0.3, 0.4) is 0 Å². The van der Waals surface area contributed by atoms with Gasteiger partial charge in [-0.1, -0.05) is 18.2 Å². The number of hydrogen-bond acceptors (Lipinski definition) is 6. The van der Waals surface area contributed by atoms with Gasteiger partial charge in [0.2, 0.25) is 19.9 Å². The van der Waals surface area contributed by atoms with Crippen molar-refractivity contribution < 1.29 is 21.6 Å². The molecule has 0 aliphatic carbocycles. The SMILES string of the molecule is NS(=O)(=O)c1ccc(NC(=O)c2ccc(S(=O)(=O)c3ccccc3)s2)cc1. The molecule has 0 unspecified atom stereocenters. The Morgan fingerprint density at radius 1 is 0.815 bits per heavy atom. The molecule has 0 fully saturated rings. The fraction of sp³-hybridized carbons (Fsp3) is 0. The van der Waals surface area contributed by atoms with E-state index in [2.05, 4.69) is 5.32 Å². The maximum Gasteiger partial charge on any atom is 0.265 e. The number of nitrogens with two attached hydrogens (primary N) is 1. The van der Waals surface area contributed by atoms with Gasteiger partial charge in [0.05, 0.1) is 14.7 Å².